The summed E-state index contributed by atoms with van der Waals surface area (Å²) in [5, 5.41) is 3.32. The number of likely N-dealkylation sites (tertiary alicyclic amines) is 1. The number of hydrogen-bond acceptors (Lipinski definition) is 3. The Labute approximate surface area is 120 Å². The van der Waals surface area contributed by atoms with Crippen molar-refractivity contribution < 1.29 is 9.59 Å². The maximum atomic E-state index is 12.3. The van der Waals surface area contributed by atoms with E-state index in [-0.39, 0.29) is 18.5 Å². The number of rotatable bonds is 1. The van der Waals surface area contributed by atoms with Crippen LogP contribution in [0.2, 0.25) is 0 Å². The topological polar surface area (TPSA) is 55.9 Å². The first-order chi connectivity index (χ1) is 9.75. The van der Waals surface area contributed by atoms with Gasteiger partial charge in [-0.25, -0.2) is 4.79 Å². The zero-order valence-corrected chi connectivity index (χ0v) is 12.0. The summed E-state index contributed by atoms with van der Waals surface area (Å²) in [5.74, 6) is 0.121. The molecular weight excluding hydrogens is 256 g/mol. The molecule has 0 aromatic heterocycles. The predicted molar refractivity (Wildman–Crippen MR) is 75.4 cm³/mol. The van der Waals surface area contributed by atoms with Crippen LogP contribution >= 0.6 is 0 Å². The lowest BCUT2D eigenvalue weighted by Gasteiger charge is -2.41. The number of piperazine rings is 1. The number of urea groups is 1. The number of nitrogens with zero attached hydrogens (tertiary/aromatic N) is 3. The molecule has 3 amide bonds. The fourth-order valence-electron chi connectivity index (χ4n) is 3.46. The second-order valence-corrected chi connectivity index (χ2v) is 5.97. The highest BCUT2D eigenvalue weighted by Gasteiger charge is 2.34. The minimum absolute atomic E-state index is 0.0563. The molecule has 20 heavy (non-hydrogen) atoms. The van der Waals surface area contributed by atoms with E-state index in [2.05, 4.69) is 5.32 Å². The molecule has 3 aliphatic heterocycles. The summed E-state index contributed by atoms with van der Waals surface area (Å²) in [7, 11) is 0. The van der Waals surface area contributed by atoms with Gasteiger partial charge >= 0.3 is 6.03 Å². The molecule has 3 rings (SSSR count). The zero-order chi connectivity index (χ0) is 13.9. The van der Waals surface area contributed by atoms with Crippen LogP contribution in [-0.4, -0.2) is 78.5 Å². The smallest absolute Gasteiger partial charge is 0.320 e. The molecule has 3 heterocycles. The molecule has 0 aliphatic carbocycles. The molecule has 0 spiro atoms. The van der Waals surface area contributed by atoms with Crippen LogP contribution in [0, 0.1) is 0 Å². The van der Waals surface area contributed by atoms with Crippen molar-refractivity contribution in [2.45, 2.75) is 31.7 Å². The van der Waals surface area contributed by atoms with Gasteiger partial charge in [0.15, 0.2) is 0 Å². The number of nitrogens with one attached hydrogen (secondary N) is 1. The molecule has 6 nitrogen and oxygen atoms in total. The lowest BCUT2D eigenvalue weighted by Crippen LogP contribution is -2.58. The summed E-state index contributed by atoms with van der Waals surface area (Å²) in [6, 6.07) is 0.425. The predicted octanol–water partition coefficient (Wildman–Crippen LogP) is 0.0984. The Morgan fingerprint density at radius 3 is 2.35 bits per heavy atom. The maximum absolute atomic E-state index is 12.3. The third-order valence-corrected chi connectivity index (χ3v) is 4.65. The van der Waals surface area contributed by atoms with Crippen LogP contribution in [0.15, 0.2) is 0 Å². The van der Waals surface area contributed by atoms with Gasteiger partial charge in [0.05, 0.1) is 0 Å². The normalized spacial score (nSPS) is 25.4. The van der Waals surface area contributed by atoms with E-state index < -0.39 is 0 Å². The summed E-state index contributed by atoms with van der Waals surface area (Å²) < 4.78 is 0. The van der Waals surface area contributed by atoms with Crippen molar-refractivity contribution in [3.05, 3.63) is 0 Å². The third kappa shape index (κ3) is 2.75. The van der Waals surface area contributed by atoms with E-state index in [0.717, 1.165) is 51.9 Å². The molecule has 0 atom stereocenters. The Morgan fingerprint density at radius 1 is 1.00 bits per heavy atom. The second kappa shape index (κ2) is 5.99. The van der Waals surface area contributed by atoms with E-state index >= 15 is 0 Å². The highest BCUT2D eigenvalue weighted by molar-refractivity contribution is 5.85. The van der Waals surface area contributed by atoms with Crippen LogP contribution in [0.1, 0.15) is 25.7 Å². The molecular formula is C14H24N4O2. The van der Waals surface area contributed by atoms with Crippen LogP contribution in [0.3, 0.4) is 0 Å². The molecule has 0 bridgehead atoms. The molecule has 3 aliphatic rings. The molecule has 112 valence electrons. The second-order valence-electron chi connectivity index (χ2n) is 5.97. The number of piperidine rings is 1. The van der Waals surface area contributed by atoms with Gasteiger partial charge in [-0.1, -0.05) is 0 Å². The largest absolute Gasteiger partial charge is 0.336 e. The molecule has 3 saturated heterocycles. The molecule has 3 fully saturated rings. The summed E-state index contributed by atoms with van der Waals surface area (Å²) in [6.45, 7) is 5.33. The van der Waals surface area contributed by atoms with Gasteiger partial charge in [-0.15, -0.1) is 0 Å². The first-order valence-corrected chi connectivity index (χ1v) is 7.80. The van der Waals surface area contributed by atoms with Gasteiger partial charge in [0, 0.05) is 32.2 Å². The van der Waals surface area contributed by atoms with Crippen molar-refractivity contribution in [2.75, 3.05) is 45.8 Å². The van der Waals surface area contributed by atoms with E-state index in [4.69, 9.17) is 0 Å². The number of carbonyl (C=O) groups excluding carboxylic acids is 2. The van der Waals surface area contributed by atoms with Crippen LogP contribution in [0.4, 0.5) is 4.79 Å². The van der Waals surface area contributed by atoms with Crippen molar-refractivity contribution in [3.63, 3.8) is 0 Å². The highest BCUT2D eigenvalue weighted by Crippen LogP contribution is 2.17. The Balaban J connectivity index is 1.55. The van der Waals surface area contributed by atoms with Gasteiger partial charge in [0.2, 0.25) is 5.91 Å². The molecule has 1 N–H and O–H groups in total. The number of amides is 3. The van der Waals surface area contributed by atoms with Gasteiger partial charge in [-0.2, -0.15) is 0 Å². The van der Waals surface area contributed by atoms with E-state index in [0.29, 0.717) is 19.1 Å². The Hall–Kier alpha value is -1.30. The van der Waals surface area contributed by atoms with Gasteiger partial charge in [0.25, 0.3) is 0 Å². The SMILES string of the molecule is O=C(N1CCCC1)N1CCN(C2CCNCC2)C(=O)C1. The first-order valence-electron chi connectivity index (χ1n) is 7.80. The van der Waals surface area contributed by atoms with Gasteiger partial charge in [0.1, 0.15) is 6.54 Å². The minimum atomic E-state index is 0.0563. The van der Waals surface area contributed by atoms with Gasteiger partial charge < -0.3 is 20.0 Å². The fourth-order valence-corrected chi connectivity index (χ4v) is 3.46. The quantitative estimate of drug-likeness (QED) is 0.741. The first kappa shape index (κ1) is 13.7. The van der Waals surface area contributed by atoms with E-state index in [1.54, 1.807) is 4.90 Å². The lowest BCUT2D eigenvalue weighted by atomic mass is 10.0. The van der Waals surface area contributed by atoms with E-state index in [1.807, 2.05) is 9.80 Å². The summed E-state index contributed by atoms with van der Waals surface area (Å²) in [6.07, 6.45) is 4.25. The van der Waals surface area contributed by atoms with Crippen LogP contribution in [0.25, 0.3) is 0 Å². The maximum Gasteiger partial charge on any atom is 0.320 e. The fraction of sp³-hybridized carbons (Fsp3) is 0.857. The Kier molecular flexibility index (Phi) is 4.10. The molecule has 0 aromatic rings. The van der Waals surface area contributed by atoms with Crippen molar-refractivity contribution >= 4 is 11.9 Å². The molecule has 0 saturated carbocycles. The minimum Gasteiger partial charge on any atom is -0.336 e. The molecule has 6 heteroatoms. The van der Waals surface area contributed by atoms with Crippen molar-refractivity contribution in [1.29, 1.82) is 0 Å². The lowest BCUT2D eigenvalue weighted by molar-refractivity contribution is -0.138. The molecule has 0 radical (unpaired) electrons. The number of hydrogen-bond donors (Lipinski definition) is 1. The standard InChI is InChI=1S/C14H24N4O2/c19-13-11-17(14(20)16-7-1-2-8-16)9-10-18(13)12-3-5-15-6-4-12/h12,15H,1-11H2. The van der Waals surface area contributed by atoms with Crippen molar-refractivity contribution in [2.24, 2.45) is 0 Å². The van der Waals surface area contributed by atoms with Crippen LogP contribution in [-0.2, 0) is 4.79 Å². The zero-order valence-electron chi connectivity index (χ0n) is 12.0. The summed E-state index contributed by atoms with van der Waals surface area (Å²) >= 11 is 0. The van der Waals surface area contributed by atoms with E-state index in [1.165, 1.54) is 0 Å². The van der Waals surface area contributed by atoms with Gasteiger partial charge in [-0.05, 0) is 38.8 Å². The Bertz CT molecular complexity index is 375. The van der Waals surface area contributed by atoms with Crippen LogP contribution < -0.4 is 5.32 Å². The Morgan fingerprint density at radius 2 is 1.70 bits per heavy atom. The third-order valence-electron chi connectivity index (χ3n) is 4.65. The van der Waals surface area contributed by atoms with Crippen LogP contribution in [0.5, 0.6) is 0 Å². The average molecular weight is 280 g/mol. The van der Waals surface area contributed by atoms with E-state index in [9.17, 15) is 9.59 Å². The summed E-state index contributed by atoms with van der Waals surface area (Å²) in [4.78, 5) is 30.2. The van der Waals surface area contributed by atoms with Crippen molar-refractivity contribution in [1.82, 2.24) is 20.0 Å². The van der Waals surface area contributed by atoms with Gasteiger partial charge in [-0.3, -0.25) is 4.79 Å². The van der Waals surface area contributed by atoms with Crippen molar-refractivity contribution in [3.8, 4) is 0 Å². The molecule has 0 aromatic carbocycles. The number of carbonyl (C=O) groups is 2. The monoisotopic (exact) mass is 280 g/mol. The molecule has 0 unspecified atom stereocenters. The summed E-state index contributed by atoms with van der Waals surface area (Å²) in [5.41, 5.74) is 0. The average Bonchev–Trinajstić information content (AvgIpc) is 3.01. The highest BCUT2D eigenvalue weighted by atomic mass is 16.2.